The maximum atomic E-state index is 11.8. The molecule has 0 saturated heterocycles. The molecule has 0 spiro atoms. The van der Waals surface area contributed by atoms with Crippen LogP contribution < -0.4 is 10.6 Å². The minimum Gasteiger partial charge on any atom is -0.450 e. The predicted molar refractivity (Wildman–Crippen MR) is 94.4 cm³/mol. The van der Waals surface area contributed by atoms with E-state index in [2.05, 4.69) is 10.6 Å². The summed E-state index contributed by atoms with van der Waals surface area (Å²) >= 11 is 0. The van der Waals surface area contributed by atoms with Crippen molar-refractivity contribution in [1.82, 2.24) is 5.32 Å². The Morgan fingerprint density at radius 2 is 1.88 bits per heavy atom. The zero-order valence-corrected chi connectivity index (χ0v) is 15.1. The van der Waals surface area contributed by atoms with Gasteiger partial charge in [0.2, 0.25) is 0 Å². The first-order valence-electron chi connectivity index (χ1n) is 8.25. The average molecular weight is 336 g/mol. The zero-order chi connectivity index (χ0) is 18.2. The lowest BCUT2D eigenvalue weighted by molar-refractivity contribution is 0.0524. The maximum Gasteiger partial charge on any atom is 0.411 e. The van der Waals surface area contributed by atoms with Crippen molar-refractivity contribution in [2.24, 2.45) is 0 Å². The molecule has 2 N–H and O–H groups in total. The van der Waals surface area contributed by atoms with E-state index in [4.69, 9.17) is 9.47 Å². The Labute approximate surface area is 143 Å². The van der Waals surface area contributed by atoms with Crippen molar-refractivity contribution < 1.29 is 19.1 Å². The number of anilines is 1. The molecule has 24 heavy (non-hydrogen) atoms. The first kappa shape index (κ1) is 19.8. The van der Waals surface area contributed by atoms with Gasteiger partial charge in [0.25, 0.3) is 0 Å². The number of alkyl carbamates (subject to hydrolysis) is 1. The molecule has 0 aliphatic carbocycles. The third kappa shape index (κ3) is 7.35. The average Bonchev–Trinajstić information content (AvgIpc) is 2.46. The Hall–Kier alpha value is -2.24. The standard InChI is InChI=1S/C18H28N2O4/c1-6-13(12-19-16(21)24-18(3,4)5)14-9-8-10-15(11-14)20-17(22)23-7-2/h8-11,13H,6-7,12H2,1-5H3,(H,19,21)(H,20,22). The third-order valence-corrected chi connectivity index (χ3v) is 3.26. The van der Waals surface area contributed by atoms with Gasteiger partial charge >= 0.3 is 12.2 Å². The molecule has 1 aromatic rings. The van der Waals surface area contributed by atoms with Gasteiger partial charge in [0, 0.05) is 18.2 Å². The molecule has 0 fully saturated rings. The normalized spacial score (nSPS) is 12.2. The van der Waals surface area contributed by atoms with Crippen molar-refractivity contribution >= 4 is 17.9 Å². The summed E-state index contributed by atoms with van der Waals surface area (Å²) in [5, 5.41) is 5.48. The molecule has 1 atom stereocenters. The van der Waals surface area contributed by atoms with Crippen molar-refractivity contribution in [3.63, 3.8) is 0 Å². The minimum atomic E-state index is -0.519. The summed E-state index contributed by atoms with van der Waals surface area (Å²) in [4.78, 5) is 23.3. The van der Waals surface area contributed by atoms with Gasteiger partial charge in [-0.05, 0) is 51.8 Å². The Morgan fingerprint density at radius 3 is 2.46 bits per heavy atom. The monoisotopic (exact) mass is 336 g/mol. The van der Waals surface area contributed by atoms with Crippen LogP contribution in [-0.4, -0.2) is 30.9 Å². The number of amides is 2. The molecule has 0 heterocycles. The third-order valence-electron chi connectivity index (χ3n) is 3.26. The number of hydrogen-bond donors (Lipinski definition) is 2. The first-order valence-corrected chi connectivity index (χ1v) is 8.25. The lowest BCUT2D eigenvalue weighted by Gasteiger charge is -2.22. The molecule has 0 aromatic heterocycles. The van der Waals surface area contributed by atoms with E-state index in [-0.39, 0.29) is 5.92 Å². The number of ether oxygens (including phenoxy) is 2. The minimum absolute atomic E-state index is 0.126. The zero-order valence-electron chi connectivity index (χ0n) is 15.1. The maximum absolute atomic E-state index is 11.8. The van der Waals surface area contributed by atoms with E-state index in [0.717, 1.165) is 12.0 Å². The van der Waals surface area contributed by atoms with Gasteiger partial charge in [0.1, 0.15) is 5.60 Å². The Kier molecular flexibility index (Phi) is 7.55. The van der Waals surface area contributed by atoms with E-state index in [9.17, 15) is 9.59 Å². The summed E-state index contributed by atoms with van der Waals surface area (Å²) in [6.45, 7) is 10.1. The molecule has 134 valence electrons. The number of carbonyl (C=O) groups excluding carboxylic acids is 2. The predicted octanol–water partition coefficient (Wildman–Crippen LogP) is 4.27. The highest BCUT2D eigenvalue weighted by Gasteiger charge is 2.18. The molecule has 0 aliphatic rings. The van der Waals surface area contributed by atoms with Crippen molar-refractivity contribution in [3.8, 4) is 0 Å². The van der Waals surface area contributed by atoms with Gasteiger partial charge in [0.05, 0.1) is 6.61 Å². The highest BCUT2D eigenvalue weighted by molar-refractivity contribution is 5.84. The van der Waals surface area contributed by atoms with Gasteiger partial charge in [-0.1, -0.05) is 19.1 Å². The number of carbonyl (C=O) groups is 2. The van der Waals surface area contributed by atoms with Crippen LogP contribution in [0.2, 0.25) is 0 Å². The Balaban J connectivity index is 2.68. The van der Waals surface area contributed by atoms with E-state index in [1.165, 1.54) is 0 Å². The molecular weight excluding hydrogens is 308 g/mol. The van der Waals surface area contributed by atoms with Crippen LogP contribution in [0, 0.1) is 0 Å². The van der Waals surface area contributed by atoms with E-state index < -0.39 is 17.8 Å². The topological polar surface area (TPSA) is 76.7 Å². The fourth-order valence-corrected chi connectivity index (χ4v) is 2.17. The number of rotatable bonds is 6. The molecule has 0 radical (unpaired) electrons. The van der Waals surface area contributed by atoms with Crippen LogP contribution in [0.5, 0.6) is 0 Å². The molecule has 6 nitrogen and oxygen atoms in total. The quantitative estimate of drug-likeness (QED) is 0.813. The lowest BCUT2D eigenvalue weighted by Crippen LogP contribution is -2.34. The fourth-order valence-electron chi connectivity index (χ4n) is 2.17. The molecule has 0 aliphatic heterocycles. The molecule has 0 bridgehead atoms. The van der Waals surface area contributed by atoms with Gasteiger partial charge in [-0.3, -0.25) is 5.32 Å². The smallest absolute Gasteiger partial charge is 0.411 e. The van der Waals surface area contributed by atoms with Crippen molar-refractivity contribution in [2.75, 3.05) is 18.5 Å². The Bertz CT molecular complexity index is 552. The first-order chi connectivity index (χ1) is 11.2. The fraction of sp³-hybridized carbons (Fsp3) is 0.556. The summed E-state index contributed by atoms with van der Waals surface area (Å²) < 4.78 is 10.1. The highest BCUT2D eigenvalue weighted by atomic mass is 16.6. The van der Waals surface area contributed by atoms with Crippen LogP contribution in [0.25, 0.3) is 0 Å². The Morgan fingerprint density at radius 1 is 1.17 bits per heavy atom. The number of nitrogens with one attached hydrogen (secondary N) is 2. The van der Waals surface area contributed by atoms with Gasteiger partial charge in [-0.2, -0.15) is 0 Å². The van der Waals surface area contributed by atoms with E-state index in [0.29, 0.717) is 18.8 Å². The second-order valence-corrected chi connectivity index (χ2v) is 6.46. The van der Waals surface area contributed by atoms with Gasteiger partial charge in [-0.25, -0.2) is 9.59 Å². The van der Waals surface area contributed by atoms with Crippen LogP contribution in [0.15, 0.2) is 24.3 Å². The van der Waals surface area contributed by atoms with Gasteiger partial charge in [-0.15, -0.1) is 0 Å². The van der Waals surface area contributed by atoms with Crippen LogP contribution >= 0.6 is 0 Å². The van der Waals surface area contributed by atoms with Crippen molar-refractivity contribution in [1.29, 1.82) is 0 Å². The summed E-state index contributed by atoms with van der Waals surface area (Å²) in [5.74, 6) is 0.126. The van der Waals surface area contributed by atoms with Gasteiger partial charge in [0.15, 0.2) is 0 Å². The van der Waals surface area contributed by atoms with Crippen LogP contribution in [0.3, 0.4) is 0 Å². The van der Waals surface area contributed by atoms with E-state index in [1.54, 1.807) is 13.0 Å². The second-order valence-electron chi connectivity index (χ2n) is 6.46. The summed E-state index contributed by atoms with van der Waals surface area (Å²) in [5.41, 5.74) is 1.18. The summed E-state index contributed by atoms with van der Waals surface area (Å²) in [6.07, 6.45) is -0.0603. The number of hydrogen-bond acceptors (Lipinski definition) is 4. The number of benzene rings is 1. The molecule has 1 aromatic carbocycles. The van der Waals surface area contributed by atoms with Crippen LogP contribution in [-0.2, 0) is 9.47 Å². The highest BCUT2D eigenvalue weighted by Crippen LogP contribution is 2.22. The molecule has 0 saturated carbocycles. The van der Waals surface area contributed by atoms with Crippen molar-refractivity contribution in [2.45, 2.75) is 52.6 Å². The van der Waals surface area contributed by atoms with E-state index >= 15 is 0 Å². The summed E-state index contributed by atoms with van der Waals surface area (Å²) in [6, 6.07) is 7.53. The van der Waals surface area contributed by atoms with Crippen LogP contribution in [0.4, 0.5) is 15.3 Å². The van der Waals surface area contributed by atoms with E-state index in [1.807, 2.05) is 45.9 Å². The van der Waals surface area contributed by atoms with Crippen molar-refractivity contribution in [3.05, 3.63) is 29.8 Å². The molecule has 6 heteroatoms. The lowest BCUT2D eigenvalue weighted by atomic mass is 9.96. The molecular formula is C18H28N2O4. The molecule has 2 amide bonds. The summed E-state index contributed by atoms with van der Waals surface area (Å²) in [7, 11) is 0. The second kappa shape index (κ2) is 9.15. The van der Waals surface area contributed by atoms with Crippen LogP contribution in [0.1, 0.15) is 52.5 Å². The van der Waals surface area contributed by atoms with Gasteiger partial charge < -0.3 is 14.8 Å². The molecule has 1 unspecified atom stereocenters. The molecule has 1 rings (SSSR count). The SMILES string of the molecule is CCOC(=O)Nc1cccc(C(CC)CNC(=O)OC(C)(C)C)c1. The largest absolute Gasteiger partial charge is 0.450 e.